The molecule has 0 bridgehead atoms. The zero-order chi connectivity index (χ0) is 41.4. The Morgan fingerprint density at radius 2 is 1.11 bits per heavy atom. The molecule has 5 amide bonds. The number of rotatable bonds is 30. The van der Waals surface area contributed by atoms with Crippen LogP contribution in [-0.2, 0) is 33.6 Å². The molecule has 0 aliphatic carbocycles. The number of aliphatic carboxylic acids is 2. The molecule has 0 spiro atoms. The van der Waals surface area contributed by atoms with E-state index in [2.05, 4.69) is 40.4 Å². The topological polar surface area (TPSA) is 272 Å². The normalized spacial score (nSPS) is 15.2. The highest BCUT2D eigenvalue weighted by atomic mass is 32.2. The Hall–Kier alpha value is -3.44. The van der Waals surface area contributed by atoms with E-state index in [-0.39, 0.29) is 50.4 Å². The van der Waals surface area contributed by atoms with Crippen LogP contribution in [0.15, 0.2) is 0 Å². The number of thioether (sulfide) groups is 1. The van der Waals surface area contributed by atoms with E-state index in [4.69, 9.17) is 16.6 Å². The average molecular weight is 788 g/mol. The number of nitrogens with one attached hydrogen (secondary N) is 5. The molecule has 0 heterocycles. The highest BCUT2D eigenvalue weighted by molar-refractivity contribution is 7.98. The van der Waals surface area contributed by atoms with Gasteiger partial charge in [-0.05, 0) is 81.3 Å². The fourth-order valence-electron chi connectivity index (χ4n) is 5.58. The van der Waals surface area contributed by atoms with E-state index in [9.17, 15) is 38.7 Å². The third-order valence-corrected chi connectivity index (χ3v) is 9.75. The van der Waals surface area contributed by atoms with E-state index < -0.39 is 77.7 Å². The van der Waals surface area contributed by atoms with Gasteiger partial charge in [-0.3, -0.25) is 28.8 Å². The molecule has 0 radical (unpaired) electrons. The minimum atomic E-state index is -1.18. The molecule has 0 saturated carbocycles. The third-order valence-electron chi connectivity index (χ3n) is 9.10. The first-order valence-corrected chi connectivity index (χ1v) is 20.7. The number of amides is 5. The molecule has 54 heavy (non-hydrogen) atoms. The Morgan fingerprint density at radius 3 is 1.59 bits per heavy atom. The summed E-state index contributed by atoms with van der Waals surface area (Å²) in [6.45, 7) is 11.8. The molecule has 0 aliphatic rings. The van der Waals surface area contributed by atoms with Crippen LogP contribution >= 0.6 is 11.8 Å². The number of carboxylic acid groups (broad SMARTS) is 2. The van der Waals surface area contributed by atoms with Crippen LogP contribution < -0.4 is 38.1 Å². The Labute approximate surface area is 325 Å². The van der Waals surface area contributed by atoms with Gasteiger partial charge < -0.3 is 48.3 Å². The highest BCUT2D eigenvalue weighted by Crippen LogP contribution is 2.14. The van der Waals surface area contributed by atoms with Gasteiger partial charge in [-0.25, -0.2) is 4.79 Å². The van der Waals surface area contributed by atoms with Gasteiger partial charge in [0.2, 0.25) is 29.5 Å². The Bertz CT molecular complexity index is 1190. The van der Waals surface area contributed by atoms with Crippen molar-refractivity contribution in [2.24, 2.45) is 29.2 Å². The second-order valence-electron chi connectivity index (χ2n) is 14.9. The number of hydrogen-bond acceptors (Lipinski definition) is 10. The van der Waals surface area contributed by atoms with Gasteiger partial charge >= 0.3 is 11.9 Å². The van der Waals surface area contributed by atoms with Gasteiger partial charge in [0.1, 0.15) is 30.2 Å². The monoisotopic (exact) mass is 787 g/mol. The minimum absolute atomic E-state index is 0.0394. The lowest BCUT2D eigenvalue weighted by atomic mass is 9.96. The summed E-state index contributed by atoms with van der Waals surface area (Å²) in [7, 11) is 0. The second kappa shape index (κ2) is 28.0. The van der Waals surface area contributed by atoms with Gasteiger partial charge in [0.25, 0.3) is 0 Å². The minimum Gasteiger partial charge on any atom is -0.481 e. The summed E-state index contributed by atoms with van der Waals surface area (Å²) >= 11 is 1.45. The second-order valence-corrected chi connectivity index (χ2v) is 15.9. The van der Waals surface area contributed by atoms with E-state index >= 15 is 0 Å². The van der Waals surface area contributed by atoms with Crippen molar-refractivity contribution in [1.29, 1.82) is 0 Å². The van der Waals surface area contributed by atoms with Crippen LogP contribution in [0, 0.1) is 17.8 Å². The molecule has 11 N–H and O–H groups in total. The molecular weight excluding hydrogens is 719 g/mol. The smallest absolute Gasteiger partial charge is 0.326 e. The first-order valence-electron chi connectivity index (χ1n) is 19.3. The molecular formula is C37H69N7O9S. The Kier molecular flexibility index (Phi) is 26.3. The fourth-order valence-corrected chi connectivity index (χ4v) is 6.05. The number of carbonyl (C=O) groups is 7. The van der Waals surface area contributed by atoms with Crippen LogP contribution in [0.3, 0.4) is 0 Å². The highest BCUT2D eigenvalue weighted by Gasteiger charge is 2.34. The molecule has 16 nitrogen and oxygen atoms in total. The number of nitrogens with two attached hydrogens (primary N) is 2. The Morgan fingerprint density at radius 1 is 0.611 bits per heavy atom. The van der Waals surface area contributed by atoms with Crippen molar-refractivity contribution in [2.75, 3.05) is 18.6 Å². The maximum Gasteiger partial charge on any atom is 0.326 e. The molecule has 0 saturated heterocycles. The number of carbonyl (C=O) groups excluding carboxylic acids is 5. The zero-order valence-corrected chi connectivity index (χ0v) is 34.2. The van der Waals surface area contributed by atoms with E-state index in [0.717, 1.165) is 12.8 Å². The number of unbranched alkanes of at least 4 members (excludes halogenated alkanes) is 2. The number of hydrogen-bond donors (Lipinski definition) is 9. The quantitative estimate of drug-likeness (QED) is 0.0473. The molecule has 0 fully saturated rings. The molecule has 7 atom stereocenters. The summed E-state index contributed by atoms with van der Waals surface area (Å²) in [6, 6.07) is -6.63. The maximum atomic E-state index is 13.9. The van der Waals surface area contributed by atoms with E-state index in [1.807, 2.05) is 27.0 Å². The largest absolute Gasteiger partial charge is 0.481 e. The average Bonchev–Trinajstić information content (AvgIpc) is 3.10. The van der Waals surface area contributed by atoms with Gasteiger partial charge in [-0.1, -0.05) is 67.2 Å². The summed E-state index contributed by atoms with van der Waals surface area (Å²) in [4.78, 5) is 90.6. The molecule has 0 aromatic rings. The molecule has 0 rings (SSSR count). The van der Waals surface area contributed by atoms with Crippen molar-refractivity contribution < 1.29 is 43.8 Å². The molecule has 0 aliphatic heterocycles. The lowest BCUT2D eigenvalue weighted by molar-refractivity contribution is -0.142. The van der Waals surface area contributed by atoms with Crippen LogP contribution in [0.25, 0.3) is 0 Å². The predicted octanol–water partition coefficient (Wildman–Crippen LogP) is 1.88. The van der Waals surface area contributed by atoms with Crippen molar-refractivity contribution in [3.05, 3.63) is 0 Å². The van der Waals surface area contributed by atoms with Crippen LogP contribution in [0.5, 0.6) is 0 Å². The van der Waals surface area contributed by atoms with Crippen LogP contribution in [0.2, 0.25) is 0 Å². The lowest BCUT2D eigenvalue weighted by Gasteiger charge is -2.29. The van der Waals surface area contributed by atoms with E-state index in [0.29, 0.717) is 43.9 Å². The molecule has 0 aromatic carbocycles. The summed E-state index contributed by atoms with van der Waals surface area (Å²) < 4.78 is 0. The van der Waals surface area contributed by atoms with Crippen molar-refractivity contribution in [3.63, 3.8) is 0 Å². The maximum absolute atomic E-state index is 13.9. The summed E-state index contributed by atoms with van der Waals surface area (Å²) in [6.07, 6.45) is 6.01. The first kappa shape index (κ1) is 50.6. The molecule has 312 valence electrons. The van der Waals surface area contributed by atoms with Crippen molar-refractivity contribution in [3.8, 4) is 0 Å². The number of carboxylic acids is 2. The predicted molar refractivity (Wildman–Crippen MR) is 210 cm³/mol. The van der Waals surface area contributed by atoms with Gasteiger partial charge in [-0.2, -0.15) is 11.8 Å². The molecule has 7 unspecified atom stereocenters. The molecule has 17 heteroatoms. The van der Waals surface area contributed by atoms with Gasteiger partial charge in [0.15, 0.2) is 0 Å². The fraction of sp³-hybridized carbons (Fsp3) is 0.811. The van der Waals surface area contributed by atoms with Crippen molar-refractivity contribution >= 4 is 53.2 Å². The van der Waals surface area contributed by atoms with E-state index in [1.54, 1.807) is 6.92 Å². The van der Waals surface area contributed by atoms with Gasteiger partial charge in [-0.15, -0.1) is 0 Å². The van der Waals surface area contributed by atoms with Crippen molar-refractivity contribution in [2.45, 2.75) is 155 Å². The molecule has 0 aromatic heterocycles. The zero-order valence-electron chi connectivity index (χ0n) is 33.4. The summed E-state index contributed by atoms with van der Waals surface area (Å²) in [5.41, 5.74) is 11.6. The first-order chi connectivity index (χ1) is 25.4. The standard InChI is InChI=1S/C37H69N7O9S/c1-8-24(6)31(44-32(47)25(39)16-17-30(45)46)36(51)41-27(15-11-12-19-38)33(48)40-26(14-10-9-13-22(2)3)34(49)43-29(21-23(4)5)35(50)42-28(37(52)53)18-20-54-7/h22-29,31H,8-21,38-39H2,1-7H3,(H,40,48)(H,41,51)(H,42,50)(H,43,49)(H,44,47)(H,45,46)(H,52,53). The van der Waals surface area contributed by atoms with Crippen LogP contribution in [0.4, 0.5) is 0 Å². The van der Waals surface area contributed by atoms with Crippen molar-refractivity contribution in [1.82, 2.24) is 26.6 Å². The van der Waals surface area contributed by atoms with Crippen LogP contribution in [-0.4, -0.2) is 106 Å². The SMILES string of the molecule is CCC(C)C(NC(=O)C(N)CCC(=O)O)C(=O)NC(CCCCN)C(=O)NC(CCCCC(C)C)C(=O)NC(CC(C)C)C(=O)NC(CCSC)C(=O)O. The van der Waals surface area contributed by atoms with Gasteiger partial charge in [0.05, 0.1) is 6.04 Å². The Balaban J connectivity index is 6.34. The lowest BCUT2D eigenvalue weighted by Crippen LogP contribution is -2.60. The van der Waals surface area contributed by atoms with Gasteiger partial charge in [0, 0.05) is 6.42 Å². The summed E-state index contributed by atoms with van der Waals surface area (Å²) in [5, 5.41) is 32.1. The summed E-state index contributed by atoms with van der Waals surface area (Å²) in [5.74, 6) is -5.00. The van der Waals surface area contributed by atoms with E-state index in [1.165, 1.54) is 11.8 Å². The third kappa shape index (κ3) is 21.4. The van der Waals surface area contributed by atoms with Crippen LogP contribution in [0.1, 0.15) is 119 Å².